The van der Waals surface area contributed by atoms with E-state index in [0.29, 0.717) is 18.0 Å². The van der Waals surface area contributed by atoms with Crippen LogP contribution in [0.25, 0.3) is 0 Å². The molecule has 178 valence electrons. The summed E-state index contributed by atoms with van der Waals surface area (Å²) >= 11 is 5.99. The molecule has 10 heteroatoms. The van der Waals surface area contributed by atoms with Crippen molar-refractivity contribution >= 4 is 33.4 Å². The van der Waals surface area contributed by atoms with Gasteiger partial charge in [0.2, 0.25) is 10.0 Å². The van der Waals surface area contributed by atoms with Crippen molar-refractivity contribution in [2.24, 2.45) is 0 Å². The van der Waals surface area contributed by atoms with Crippen LogP contribution in [-0.2, 0) is 14.8 Å². The Bertz CT molecular complexity index is 1150. The Kier molecular flexibility index (Phi) is 7.79. The van der Waals surface area contributed by atoms with Gasteiger partial charge in [-0.3, -0.25) is 25.3 Å². The van der Waals surface area contributed by atoms with Gasteiger partial charge in [-0.25, -0.2) is 8.42 Å². The first-order chi connectivity index (χ1) is 15.5. The number of piperazine rings is 1. The largest absolute Gasteiger partial charge is 0.292 e. The fourth-order valence-electron chi connectivity index (χ4n) is 3.91. The lowest BCUT2D eigenvalue weighted by atomic mass is 10.0. The minimum absolute atomic E-state index is 0.0400. The van der Waals surface area contributed by atoms with Crippen molar-refractivity contribution in [3.8, 4) is 0 Å². The van der Waals surface area contributed by atoms with E-state index in [9.17, 15) is 18.0 Å². The van der Waals surface area contributed by atoms with Gasteiger partial charge in [-0.2, -0.15) is 4.31 Å². The fourth-order valence-corrected chi connectivity index (χ4v) is 6.13. The van der Waals surface area contributed by atoms with Gasteiger partial charge < -0.3 is 0 Å². The Labute approximate surface area is 199 Å². The molecule has 2 amide bonds. The first kappa shape index (κ1) is 25.2. The van der Waals surface area contributed by atoms with Gasteiger partial charge in [-0.1, -0.05) is 29.8 Å². The van der Waals surface area contributed by atoms with Crippen LogP contribution in [0.15, 0.2) is 35.2 Å². The third-order valence-corrected chi connectivity index (χ3v) is 8.53. The molecule has 8 nitrogen and oxygen atoms in total. The Morgan fingerprint density at radius 3 is 2.09 bits per heavy atom. The zero-order valence-electron chi connectivity index (χ0n) is 19.2. The number of nitrogens with one attached hydrogen (secondary N) is 2. The van der Waals surface area contributed by atoms with Gasteiger partial charge in [0.1, 0.15) is 0 Å². The molecule has 1 fully saturated rings. The average Bonchev–Trinajstić information content (AvgIpc) is 2.77. The average molecular weight is 493 g/mol. The van der Waals surface area contributed by atoms with Crippen LogP contribution in [0.1, 0.15) is 32.6 Å². The highest BCUT2D eigenvalue weighted by Gasteiger charge is 2.32. The van der Waals surface area contributed by atoms with Crippen LogP contribution in [0.4, 0.5) is 0 Å². The molecule has 0 spiro atoms. The van der Waals surface area contributed by atoms with Crippen molar-refractivity contribution in [1.82, 2.24) is 20.1 Å². The Morgan fingerprint density at radius 2 is 1.52 bits per heavy atom. The molecule has 2 aromatic carbocycles. The lowest BCUT2D eigenvalue weighted by molar-refractivity contribution is -0.123. The standard InChI is InChI=1S/C23H29ClN4O4S/c1-15-13-16(2)18(4)22(17(15)3)33(31,32)28-11-9-27(10-12-28)14-21(29)25-26-23(30)19-7-5-6-8-20(19)24/h5-8,13H,9-12,14H2,1-4H3,(H,25,29)(H,26,30). The summed E-state index contributed by atoms with van der Waals surface area (Å²) in [5.74, 6) is -0.906. The minimum atomic E-state index is -3.64. The van der Waals surface area contributed by atoms with Crippen molar-refractivity contribution in [3.63, 3.8) is 0 Å². The van der Waals surface area contributed by atoms with Crippen molar-refractivity contribution in [1.29, 1.82) is 0 Å². The number of carbonyl (C=O) groups excluding carboxylic acids is 2. The second-order valence-corrected chi connectivity index (χ2v) is 10.5. The van der Waals surface area contributed by atoms with Gasteiger partial charge >= 0.3 is 0 Å². The normalized spacial score (nSPS) is 15.3. The molecule has 3 rings (SSSR count). The summed E-state index contributed by atoms with van der Waals surface area (Å²) in [5, 5.41) is 0.288. The van der Waals surface area contributed by atoms with Crippen LogP contribution in [0.5, 0.6) is 0 Å². The fraction of sp³-hybridized carbons (Fsp3) is 0.391. The Balaban J connectivity index is 1.56. The third-order valence-electron chi connectivity index (χ3n) is 6.03. The predicted octanol–water partition coefficient (Wildman–Crippen LogP) is 2.34. The van der Waals surface area contributed by atoms with E-state index in [1.807, 2.05) is 38.7 Å². The number of hydrogen-bond acceptors (Lipinski definition) is 5. The van der Waals surface area contributed by atoms with E-state index < -0.39 is 21.8 Å². The van der Waals surface area contributed by atoms with Crippen LogP contribution >= 0.6 is 11.6 Å². The number of rotatable bonds is 5. The molecule has 2 N–H and O–H groups in total. The van der Waals surface area contributed by atoms with E-state index in [1.165, 1.54) is 4.31 Å². The van der Waals surface area contributed by atoms with Crippen molar-refractivity contribution in [3.05, 3.63) is 63.2 Å². The van der Waals surface area contributed by atoms with Gasteiger partial charge in [0, 0.05) is 26.2 Å². The Morgan fingerprint density at radius 1 is 0.939 bits per heavy atom. The van der Waals surface area contributed by atoms with Crippen molar-refractivity contribution < 1.29 is 18.0 Å². The molecule has 1 saturated heterocycles. The number of benzene rings is 2. The molecule has 0 saturated carbocycles. The first-order valence-electron chi connectivity index (χ1n) is 10.7. The Hall–Kier alpha value is -2.46. The molecule has 2 aromatic rings. The molecule has 1 aliphatic rings. The first-order valence-corrected chi connectivity index (χ1v) is 12.5. The number of hydrogen-bond donors (Lipinski definition) is 2. The highest BCUT2D eigenvalue weighted by molar-refractivity contribution is 7.89. The molecule has 0 aliphatic carbocycles. The summed E-state index contributed by atoms with van der Waals surface area (Å²) < 4.78 is 28.2. The molecule has 1 heterocycles. The van der Waals surface area contributed by atoms with E-state index in [1.54, 1.807) is 24.3 Å². The summed E-state index contributed by atoms with van der Waals surface area (Å²) in [6, 6.07) is 8.54. The molecule has 1 aliphatic heterocycles. The lowest BCUT2D eigenvalue weighted by Gasteiger charge is -2.34. The van der Waals surface area contributed by atoms with Crippen LogP contribution in [0, 0.1) is 27.7 Å². The minimum Gasteiger partial charge on any atom is -0.292 e. The van der Waals surface area contributed by atoms with Crippen LogP contribution in [-0.4, -0.2) is 62.2 Å². The van der Waals surface area contributed by atoms with Crippen LogP contribution in [0.3, 0.4) is 0 Å². The maximum absolute atomic E-state index is 13.4. The number of hydrazine groups is 1. The van der Waals surface area contributed by atoms with E-state index in [4.69, 9.17) is 11.6 Å². The lowest BCUT2D eigenvalue weighted by Crippen LogP contribution is -2.53. The molecule has 0 bridgehead atoms. The number of amides is 2. The van der Waals surface area contributed by atoms with Gasteiger partial charge in [0.05, 0.1) is 22.0 Å². The maximum atomic E-state index is 13.4. The van der Waals surface area contributed by atoms with Gasteiger partial charge in [0.25, 0.3) is 11.8 Å². The number of nitrogens with zero attached hydrogens (tertiary/aromatic N) is 2. The van der Waals surface area contributed by atoms with Gasteiger partial charge in [-0.15, -0.1) is 0 Å². The number of aryl methyl sites for hydroxylation is 2. The zero-order chi connectivity index (χ0) is 24.3. The highest BCUT2D eigenvalue weighted by Crippen LogP contribution is 2.29. The summed E-state index contributed by atoms with van der Waals surface area (Å²) in [6.45, 7) is 8.95. The molecule has 33 heavy (non-hydrogen) atoms. The van der Waals surface area contributed by atoms with Crippen LogP contribution in [0.2, 0.25) is 5.02 Å². The highest BCUT2D eigenvalue weighted by atomic mass is 35.5. The summed E-state index contributed by atoms with van der Waals surface area (Å²) in [6.07, 6.45) is 0. The predicted molar refractivity (Wildman–Crippen MR) is 128 cm³/mol. The van der Waals surface area contributed by atoms with E-state index in [-0.39, 0.29) is 30.2 Å². The second-order valence-electron chi connectivity index (χ2n) is 8.25. The number of halogens is 1. The van der Waals surface area contributed by atoms with E-state index in [2.05, 4.69) is 10.9 Å². The maximum Gasteiger partial charge on any atom is 0.271 e. The molecule has 0 aromatic heterocycles. The SMILES string of the molecule is Cc1cc(C)c(C)c(S(=O)(=O)N2CCN(CC(=O)NNC(=O)c3ccccc3Cl)CC2)c1C. The molecule has 0 radical (unpaired) electrons. The third kappa shape index (κ3) is 5.55. The molecular weight excluding hydrogens is 464 g/mol. The van der Waals surface area contributed by atoms with E-state index in [0.717, 1.165) is 22.3 Å². The molecular formula is C23H29ClN4O4S. The van der Waals surface area contributed by atoms with Crippen LogP contribution < -0.4 is 10.9 Å². The number of sulfonamides is 1. The second kappa shape index (κ2) is 10.2. The van der Waals surface area contributed by atoms with E-state index >= 15 is 0 Å². The topological polar surface area (TPSA) is 98.8 Å². The van der Waals surface area contributed by atoms with Crippen molar-refractivity contribution in [2.45, 2.75) is 32.6 Å². The summed E-state index contributed by atoms with van der Waals surface area (Å²) in [7, 11) is -3.64. The summed E-state index contributed by atoms with van der Waals surface area (Å²) in [4.78, 5) is 26.7. The van der Waals surface area contributed by atoms with Gasteiger partial charge in [0.15, 0.2) is 0 Å². The van der Waals surface area contributed by atoms with Gasteiger partial charge in [-0.05, 0) is 62.1 Å². The zero-order valence-corrected chi connectivity index (χ0v) is 20.8. The monoisotopic (exact) mass is 492 g/mol. The smallest absolute Gasteiger partial charge is 0.271 e. The number of carbonyl (C=O) groups is 2. The molecule has 0 atom stereocenters. The van der Waals surface area contributed by atoms with Crippen molar-refractivity contribution in [2.75, 3.05) is 32.7 Å². The molecule has 0 unspecified atom stereocenters. The summed E-state index contributed by atoms with van der Waals surface area (Å²) in [5.41, 5.74) is 8.43. The quantitative estimate of drug-likeness (QED) is 0.624.